The number of anilines is 3. The SMILES string of the molecule is CCN1CCN(Cc2ccc(Nc3nc(NCCCCCCN)nc4c3ncn4C3CCCC3)cn2)CC1. The maximum absolute atomic E-state index is 5.62. The van der Waals surface area contributed by atoms with Crippen LogP contribution in [0.5, 0.6) is 0 Å². The first kappa shape index (κ1) is 26.8. The van der Waals surface area contributed by atoms with Crippen molar-refractivity contribution in [1.29, 1.82) is 0 Å². The van der Waals surface area contributed by atoms with Gasteiger partial charge in [0, 0.05) is 45.3 Å². The van der Waals surface area contributed by atoms with Gasteiger partial charge >= 0.3 is 0 Å². The second kappa shape index (κ2) is 13.3. The minimum absolute atomic E-state index is 0.465. The molecule has 0 atom stereocenters. The fourth-order valence-electron chi connectivity index (χ4n) is 5.58. The molecule has 1 aliphatic heterocycles. The molecule has 0 bridgehead atoms. The molecule has 2 fully saturated rings. The normalized spacial score (nSPS) is 17.4. The van der Waals surface area contributed by atoms with Gasteiger partial charge in [0.05, 0.1) is 23.9 Å². The van der Waals surface area contributed by atoms with Crippen LogP contribution in [0.15, 0.2) is 24.7 Å². The van der Waals surface area contributed by atoms with Crippen LogP contribution in [0.25, 0.3) is 11.2 Å². The number of aromatic nitrogens is 5. The summed E-state index contributed by atoms with van der Waals surface area (Å²) in [5.74, 6) is 1.37. The van der Waals surface area contributed by atoms with Gasteiger partial charge in [-0.2, -0.15) is 9.97 Å². The molecule has 3 aromatic heterocycles. The number of fused-ring (bicyclic) bond motifs is 1. The molecule has 1 saturated heterocycles. The number of nitrogens with zero attached hydrogens (tertiary/aromatic N) is 7. The highest BCUT2D eigenvalue weighted by molar-refractivity contribution is 5.86. The summed E-state index contributed by atoms with van der Waals surface area (Å²) in [6.45, 7) is 10.3. The summed E-state index contributed by atoms with van der Waals surface area (Å²) in [6.07, 6.45) is 13.2. The molecular weight excluding hydrogens is 476 g/mol. The predicted molar refractivity (Wildman–Crippen MR) is 154 cm³/mol. The summed E-state index contributed by atoms with van der Waals surface area (Å²) in [5, 5.41) is 6.94. The molecule has 10 heteroatoms. The second-order valence-electron chi connectivity index (χ2n) is 10.7. The van der Waals surface area contributed by atoms with Crippen molar-refractivity contribution in [3.63, 3.8) is 0 Å². The lowest BCUT2D eigenvalue weighted by atomic mass is 10.2. The topological polar surface area (TPSA) is 113 Å². The Bertz CT molecular complexity index is 1130. The summed E-state index contributed by atoms with van der Waals surface area (Å²) >= 11 is 0. The van der Waals surface area contributed by atoms with Gasteiger partial charge in [0.1, 0.15) is 0 Å². The van der Waals surface area contributed by atoms with Crippen LogP contribution < -0.4 is 16.4 Å². The molecule has 0 spiro atoms. The van der Waals surface area contributed by atoms with E-state index in [1.165, 1.54) is 25.7 Å². The van der Waals surface area contributed by atoms with E-state index >= 15 is 0 Å². The first-order valence-corrected chi connectivity index (χ1v) is 14.6. The van der Waals surface area contributed by atoms with Gasteiger partial charge in [0.2, 0.25) is 5.95 Å². The second-order valence-corrected chi connectivity index (χ2v) is 10.7. The average molecular weight is 521 g/mol. The maximum atomic E-state index is 5.62. The summed E-state index contributed by atoms with van der Waals surface area (Å²) in [7, 11) is 0. The standard InChI is InChI=1S/C28H44N10/c1-2-36-15-17-37(18-16-36)20-23-12-11-22(19-31-23)33-26-25-27(38(21-32-25)24-9-5-6-10-24)35-28(34-26)30-14-8-4-3-7-13-29/h11-12,19,21,24H,2-10,13-18,20,29H2,1H3,(H2,30,33,34,35). The Morgan fingerprint density at radius 3 is 2.47 bits per heavy atom. The maximum Gasteiger partial charge on any atom is 0.226 e. The number of pyridine rings is 1. The molecule has 5 rings (SSSR count). The summed E-state index contributed by atoms with van der Waals surface area (Å²) < 4.78 is 2.25. The molecule has 0 unspecified atom stereocenters. The smallest absolute Gasteiger partial charge is 0.226 e. The highest BCUT2D eigenvalue weighted by Crippen LogP contribution is 2.33. The fourth-order valence-corrected chi connectivity index (χ4v) is 5.58. The van der Waals surface area contributed by atoms with Crippen LogP contribution in [0.3, 0.4) is 0 Å². The molecule has 3 aromatic rings. The number of piperazine rings is 1. The first-order valence-electron chi connectivity index (χ1n) is 14.6. The minimum atomic E-state index is 0.465. The highest BCUT2D eigenvalue weighted by Gasteiger charge is 2.22. The molecule has 206 valence electrons. The third-order valence-electron chi connectivity index (χ3n) is 7.94. The van der Waals surface area contributed by atoms with Crippen molar-refractivity contribution >= 4 is 28.6 Å². The molecule has 4 heterocycles. The molecule has 2 aliphatic rings. The van der Waals surface area contributed by atoms with E-state index in [0.29, 0.717) is 12.0 Å². The van der Waals surface area contributed by atoms with E-state index in [-0.39, 0.29) is 0 Å². The monoisotopic (exact) mass is 520 g/mol. The number of likely N-dealkylation sites (N-methyl/N-ethyl adjacent to an activating group) is 1. The number of rotatable bonds is 13. The molecule has 4 N–H and O–H groups in total. The quantitative estimate of drug-likeness (QED) is 0.286. The third kappa shape index (κ3) is 6.78. The van der Waals surface area contributed by atoms with Gasteiger partial charge in [-0.25, -0.2) is 4.98 Å². The van der Waals surface area contributed by atoms with Crippen molar-refractivity contribution in [3.8, 4) is 0 Å². The Kier molecular flexibility index (Phi) is 9.37. The van der Waals surface area contributed by atoms with Gasteiger partial charge in [-0.1, -0.05) is 32.6 Å². The zero-order chi connectivity index (χ0) is 26.2. The Morgan fingerprint density at radius 2 is 1.74 bits per heavy atom. The molecule has 38 heavy (non-hydrogen) atoms. The van der Waals surface area contributed by atoms with E-state index in [4.69, 9.17) is 25.7 Å². The van der Waals surface area contributed by atoms with Gasteiger partial charge in [-0.15, -0.1) is 0 Å². The van der Waals surface area contributed by atoms with Crippen molar-refractivity contribution in [2.75, 3.05) is 56.4 Å². The Hall–Kier alpha value is -2.82. The summed E-state index contributed by atoms with van der Waals surface area (Å²) in [4.78, 5) is 24.2. The van der Waals surface area contributed by atoms with Crippen LogP contribution >= 0.6 is 0 Å². The lowest BCUT2D eigenvalue weighted by Gasteiger charge is -2.33. The number of hydrogen-bond donors (Lipinski definition) is 3. The largest absolute Gasteiger partial charge is 0.354 e. The van der Waals surface area contributed by atoms with Crippen LogP contribution in [-0.4, -0.2) is 80.1 Å². The number of imidazole rings is 1. The third-order valence-corrected chi connectivity index (χ3v) is 7.94. The number of hydrogen-bond acceptors (Lipinski definition) is 9. The van der Waals surface area contributed by atoms with E-state index in [2.05, 4.69) is 44.1 Å². The Morgan fingerprint density at radius 1 is 0.947 bits per heavy atom. The van der Waals surface area contributed by atoms with Gasteiger partial charge in [-0.05, 0) is 50.9 Å². The molecule has 1 aliphatic carbocycles. The van der Waals surface area contributed by atoms with Crippen LogP contribution in [0, 0.1) is 0 Å². The minimum Gasteiger partial charge on any atom is -0.354 e. The Balaban J connectivity index is 1.28. The molecule has 0 amide bonds. The van der Waals surface area contributed by atoms with Crippen LogP contribution in [-0.2, 0) is 6.54 Å². The molecule has 0 aromatic carbocycles. The molecular formula is C28H44N10. The van der Waals surface area contributed by atoms with Crippen molar-refractivity contribution < 1.29 is 0 Å². The highest BCUT2D eigenvalue weighted by atomic mass is 15.3. The van der Waals surface area contributed by atoms with Crippen LogP contribution in [0.4, 0.5) is 17.5 Å². The fraction of sp³-hybridized carbons (Fsp3) is 0.643. The predicted octanol–water partition coefficient (Wildman–Crippen LogP) is 4.15. The van der Waals surface area contributed by atoms with Crippen LogP contribution in [0.1, 0.15) is 70.0 Å². The van der Waals surface area contributed by atoms with E-state index in [1.54, 1.807) is 0 Å². The number of nitrogens with two attached hydrogens (primary N) is 1. The molecule has 1 saturated carbocycles. The van der Waals surface area contributed by atoms with Gasteiger partial charge in [0.15, 0.2) is 17.0 Å². The van der Waals surface area contributed by atoms with E-state index in [9.17, 15) is 0 Å². The number of nitrogens with one attached hydrogen (secondary N) is 2. The number of unbranched alkanes of at least 4 members (excludes halogenated alkanes) is 3. The summed E-state index contributed by atoms with van der Waals surface area (Å²) in [5.41, 5.74) is 9.33. The lowest BCUT2D eigenvalue weighted by Crippen LogP contribution is -2.45. The van der Waals surface area contributed by atoms with E-state index < -0.39 is 0 Å². The van der Waals surface area contributed by atoms with Gasteiger partial charge < -0.3 is 25.8 Å². The average Bonchev–Trinajstić information content (AvgIpc) is 3.62. The van der Waals surface area contributed by atoms with E-state index in [0.717, 1.165) is 106 Å². The lowest BCUT2D eigenvalue weighted by molar-refractivity contribution is 0.131. The molecule has 10 nitrogen and oxygen atoms in total. The van der Waals surface area contributed by atoms with Gasteiger partial charge in [0.25, 0.3) is 0 Å². The van der Waals surface area contributed by atoms with Crippen molar-refractivity contribution in [1.82, 2.24) is 34.3 Å². The van der Waals surface area contributed by atoms with Crippen molar-refractivity contribution in [2.45, 2.75) is 70.9 Å². The first-order chi connectivity index (χ1) is 18.7. The van der Waals surface area contributed by atoms with Crippen molar-refractivity contribution in [2.24, 2.45) is 5.73 Å². The summed E-state index contributed by atoms with van der Waals surface area (Å²) in [6, 6.07) is 4.67. The van der Waals surface area contributed by atoms with E-state index in [1.807, 2.05) is 12.5 Å². The van der Waals surface area contributed by atoms with Crippen LogP contribution in [0.2, 0.25) is 0 Å². The molecule has 0 radical (unpaired) electrons. The Labute approximate surface area is 226 Å². The van der Waals surface area contributed by atoms with Gasteiger partial charge in [-0.3, -0.25) is 9.88 Å². The van der Waals surface area contributed by atoms with Crippen molar-refractivity contribution in [3.05, 3.63) is 30.4 Å². The zero-order valence-electron chi connectivity index (χ0n) is 22.9. The zero-order valence-corrected chi connectivity index (χ0v) is 22.9.